The molecule has 18 heavy (non-hydrogen) atoms. The second kappa shape index (κ2) is 4.97. The molecule has 0 aromatic carbocycles. The summed E-state index contributed by atoms with van der Waals surface area (Å²) < 4.78 is 18.9. The van der Waals surface area contributed by atoms with E-state index >= 15 is 0 Å². The fraction of sp³-hybridized carbons (Fsp3) is 0.667. The molecule has 98 valence electrons. The van der Waals surface area contributed by atoms with E-state index in [2.05, 4.69) is 15.3 Å². The maximum Gasteiger partial charge on any atom is 0.224 e. The van der Waals surface area contributed by atoms with Gasteiger partial charge < -0.3 is 10.1 Å². The smallest absolute Gasteiger partial charge is 0.224 e. The van der Waals surface area contributed by atoms with E-state index < -0.39 is 5.82 Å². The van der Waals surface area contributed by atoms with E-state index in [4.69, 9.17) is 16.3 Å². The lowest BCUT2D eigenvalue weighted by Gasteiger charge is -2.29. The predicted octanol–water partition coefficient (Wildman–Crippen LogP) is 2.64. The van der Waals surface area contributed by atoms with Gasteiger partial charge in [-0.1, -0.05) is 6.42 Å². The van der Waals surface area contributed by atoms with Crippen LogP contribution in [-0.4, -0.2) is 28.7 Å². The molecule has 3 atom stereocenters. The Morgan fingerprint density at radius 3 is 3.06 bits per heavy atom. The van der Waals surface area contributed by atoms with Crippen LogP contribution in [0.1, 0.15) is 25.7 Å². The molecule has 0 spiro atoms. The largest absolute Gasteiger partial charge is 0.373 e. The van der Waals surface area contributed by atoms with Crippen molar-refractivity contribution in [1.29, 1.82) is 0 Å². The maximum absolute atomic E-state index is 13.5. The third-order valence-corrected chi connectivity index (χ3v) is 3.84. The summed E-state index contributed by atoms with van der Waals surface area (Å²) in [4.78, 5) is 7.49. The Kier molecular flexibility index (Phi) is 3.35. The number of ether oxygens (including phenoxy) is 1. The zero-order chi connectivity index (χ0) is 12.5. The van der Waals surface area contributed by atoms with E-state index in [0.29, 0.717) is 12.0 Å². The average molecular weight is 272 g/mol. The second-order valence-electron chi connectivity index (χ2n) is 4.98. The third-order valence-electron chi connectivity index (χ3n) is 3.66. The van der Waals surface area contributed by atoms with Crippen LogP contribution in [0.25, 0.3) is 0 Å². The maximum atomic E-state index is 13.5. The summed E-state index contributed by atoms with van der Waals surface area (Å²) in [6, 6.07) is 0.244. The fourth-order valence-electron chi connectivity index (χ4n) is 2.66. The van der Waals surface area contributed by atoms with Gasteiger partial charge in [0.05, 0.1) is 18.9 Å². The van der Waals surface area contributed by atoms with Crippen LogP contribution < -0.4 is 5.32 Å². The molecule has 2 fully saturated rings. The molecule has 1 aromatic rings. The molecule has 1 saturated carbocycles. The Morgan fingerprint density at radius 1 is 1.44 bits per heavy atom. The lowest BCUT2D eigenvalue weighted by atomic mass is 9.84. The van der Waals surface area contributed by atoms with Crippen molar-refractivity contribution in [2.24, 2.45) is 5.92 Å². The van der Waals surface area contributed by atoms with Gasteiger partial charge in [0.25, 0.3) is 0 Å². The van der Waals surface area contributed by atoms with Crippen LogP contribution in [0.2, 0.25) is 5.28 Å². The molecule has 0 amide bonds. The van der Waals surface area contributed by atoms with E-state index in [9.17, 15) is 4.39 Å². The molecule has 2 aliphatic rings. The fourth-order valence-corrected chi connectivity index (χ4v) is 2.80. The minimum atomic E-state index is -0.454. The Hall–Kier alpha value is -0.940. The highest BCUT2D eigenvalue weighted by Gasteiger charge is 2.36. The van der Waals surface area contributed by atoms with Gasteiger partial charge in [-0.2, -0.15) is 4.98 Å². The van der Waals surface area contributed by atoms with Crippen LogP contribution in [0.5, 0.6) is 0 Å². The number of nitrogens with one attached hydrogen (secondary N) is 1. The summed E-state index contributed by atoms with van der Waals surface area (Å²) in [6.07, 6.45) is 5.91. The van der Waals surface area contributed by atoms with Crippen LogP contribution >= 0.6 is 11.6 Å². The summed E-state index contributed by atoms with van der Waals surface area (Å²) in [5.41, 5.74) is 0. The molecule has 1 N–H and O–H groups in total. The summed E-state index contributed by atoms with van der Waals surface area (Å²) in [6.45, 7) is 0.880. The highest BCUT2D eigenvalue weighted by molar-refractivity contribution is 6.28. The molecule has 1 aliphatic carbocycles. The molecule has 6 heteroatoms. The number of hydrogen-bond donors (Lipinski definition) is 1. The van der Waals surface area contributed by atoms with Gasteiger partial charge in [-0.25, -0.2) is 9.37 Å². The summed E-state index contributed by atoms with van der Waals surface area (Å²) in [5, 5.41) is 3.20. The lowest BCUT2D eigenvalue weighted by molar-refractivity contribution is 0.255. The van der Waals surface area contributed by atoms with Crippen molar-refractivity contribution in [3.63, 3.8) is 0 Å². The van der Waals surface area contributed by atoms with E-state index in [1.54, 1.807) is 0 Å². The number of epoxide rings is 1. The molecule has 1 aromatic heterocycles. The van der Waals surface area contributed by atoms with Gasteiger partial charge in [-0.05, 0) is 36.8 Å². The Bertz CT molecular complexity index is 441. The summed E-state index contributed by atoms with van der Waals surface area (Å²) in [7, 11) is 0. The highest BCUT2D eigenvalue weighted by atomic mass is 35.5. The Morgan fingerprint density at radius 2 is 2.28 bits per heavy atom. The minimum Gasteiger partial charge on any atom is -0.373 e. The SMILES string of the molecule is Fc1cnc(Cl)nc1NC1CCCC([C@H]2CO2)C1. The van der Waals surface area contributed by atoms with E-state index in [1.165, 1.54) is 6.42 Å². The van der Waals surface area contributed by atoms with Crippen molar-refractivity contribution in [2.45, 2.75) is 37.8 Å². The van der Waals surface area contributed by atoms with Gasteiger partial charge in [0.1, 0.15) is 0 Å². The van der Waals surface area contributed by atoms with E-state index in [1.807, 2.05) is 0 Å². The van der Waals surface area contributed by atoms with Crippen molar-refractivity contribution in [3.8, 4) is 0 Å². The van der Waals surface area contributed by atoms with Crippen molar-refractivity contribution in [2.75, 3.05) is 11.9 Å². The Labute approximate surface area is 110 Å². The highest BCUT2D eigenvalue weighted by Crippen LogP contribution is 2.34. The van der Waals surface area contributed by atoms with Gasteiger partial charge in [0, 0.05) is 6.04 Å². The first kappa shape index (κ1) is 12.1. The van der Waals surface area contributed by atoms with Crippen molar-refractivity contribution in [1.82, 2.24) is 9.97 Å². The molecule has 2 heterocycles. The molecule has 1 aliphatic heterocycles. The van der Waals surface area contributed by atoms with Crippen LogP contribution in [-0.2, 0) is 4.74 Å². The second-order valence-corrected chi connectivity index (χ2v) is 5.31. The first-order valence-corrected chi connectivity index (χ1v) is 6.66. The molecule has 2 unspecified atom stereocenters. The normalized spacial score (nSPS) is 31.1. The molecule has 3 rings (SSSR count). The first-order valence-electron chi connectivity index (χ1n) is 6.28. The van der Waals surface area contributed by atoms with Gasteiger partial charge in [0.2, 0.25) is 5.28 Å². The molecular formula is C12H15ClFN3O. The number of hydrogen-bond acceptors (Lipinski definition) is 4. The van der Waals surface area contributed by atoms with Crippen LogP contribution in [0.4, 0.5) is 10.2 Å². The zero-order valence-electron chi connectivity index (χ0n) is 9.90. The van der Waals surface area contributed by atoms with E-state index in [0.717, 1.165) is 32.1 Å². The van der Waals surface area contributed by atoms with Crippen LogP contribution in [0, 0.1) is 11.7 Å². The Balaban J connectivity index is 1.65. The van der Waals surface area contributed by atoms with Crippen LogP contribution in [0.15, 0.2) is 6.20 Å². The van der Waals surface area contributed by atoms with Gasteiger partial charge in [-0.3, -0.25) is 0 Å². The van der Waals surface area contributed by atoms with Gasteiger partial charge in [0.15, 0.2) is 11.6 Å². The number of halogens is 2. The monoisotopic (exact) mass is 271 g/mol. The zero-order valence-corrected chi connectivity index (χ0v) is 10.7. The van der Waals surface area contributed by atoms with Crippen molar-refractivity contribution >= 4 is 17.4 Å². The van der Waals surface area contributed by atoms with Crippen molar-refractivity contribution < 1.29 is 9.13 Å². The topological polar surface area (TPSA) is 50.3 Å². The van der Waals surface area contributed by atoms with Gasteiger partial charge in [-0.15, -0.1) is 0 Å². The lowest BCUT2D eigenvalue weighted by Crippen LogP contribution is -2.30. The molecule has 0 bridgehead atoms. The minimum absolute atomic E-state index is 0.0665. The number of rotatable bonds is 3. The van der Waals surface area contributed by atoms with Gasteiger partial charge >= 0.3 is 0 Å². The summed E-state index contributed by atoms with van der Waals surface area (Å²) in [5.74, 6) is 0.346. The predicted molar refractivity (Wildman–Crippen MR) is 66.1 cm³/mol. The standard InChI is InChI=1S/C12H15ClFN3O/c13-12-15-5-9(14)11(17-12)16-8-3-1-2-7(4-8)10-6-18-10/h5,7-8,10H,1-4,6H2,(H,15,16,17)/t7?,8?,10-/m1/s1. The number of nitrogens with zero attached hydrogens (tertiary/aromatic N) is 2. The molecular weight excluding hydrogens is 257 g/mol. The summed E-state index contributed by atoms with van der Waals surface area (Å²) >= 11 is 5.67. The van der Waals surface area contributed by atoms with Crippen molar-refractivity contribution in [3.05, 3.63) is 17.3 Å². The number of aromatic nitrogens is 2. The molecule has 1 saturated heterocycles. The number of anilines is 1. The quantitative estimate of drug-likeness (QED) is 0.678. The third kappa shape index (κ3) is 2.72. The average Bonchev–Trinajstić information content (AvgIpc) is 3.18. The first-order chi connectivity index (χ1) is 8.72. The van der Waals surface area contributed by atoms with Crippen LogP contribution in [0.3, 0.4) is 0 Å². The molecule has 4 nitrogen and oxygen atoms in total. The van der Waals surface area contributed by atoms with E-state index in [-0.39, 0.29) is 17.1 Å². The molecule has 0 radical (unpaired) electrons.